The van der Waals surface area contributed by atoms with E-state index in [1.165, 1.54) is 0 Å². The third-order valence-electron chi connectivity index (χ3n) is 3.51. The van der Waals surface area contributed by atoms with Gasteiger partial charge in [-0.3, -0.25) is 9.78 Å². The Morgan fingerprint density at radius 1 is 1.27 bits per heavy atom. The van der Waals surface area contributed by atoms with Crippen LogP contribution in [0.1, 0.15) is 11.1 Å². The highest BCUT2D eigenvalue weighted by Gasteiger charge is 2.09. The third kappa shape index (κ3) is 2.78. The van der Waals surface area contributed by atoms with E-state index < -0.39 is 0 Å². The molecule has 2 aromatic heterocycles. The summed E-state index contributed by atoms with van der Waals surface area (Å²) in [6.45, 7) is 2.01. The Morgan fingerprint density at radius 3 is 2.82 bits per heavy atom. The Bertz CT molecular complexity index is 877. The largest absolute Gasteiger partial charge is 0.369 e. The number of aromatic nitrogens is 2. The highest BCUT2D eigenvalue weighted by Crippen LogP contribution is 2.29. The van der Waals surface area contributed by atoms with Crippen molar-refractivity contribution in [3.05, 3.63) is 58.9 Å². The van der Waals surface area contributed by atoms with Crippen LogP contribution in [0.3, 0.4) is 0 Å². The van der Waals surface area contributed by atoms with Crippen molar-refractivity contribution < 1.29 is 4.79 Å². The van der Waals surface area contributed by atoms with Gasteiger partial charge < -0.3 is 5.73 Å². The first-order valence-electron chi connectivity index (χ1n) is 6.83. The lowest BCUT2D eigenvalue weighted by atomic mass is 10.0. The first-order chi connectivity index (χ1) is 10.5. The molecule has 0 fully saturated rings. The monoisotopic (exact) mass is 311 g/mol. The molecule has 110 valence electrons. The van der Waals surface area contributed by atoms with E-state index in [9.17, 15) is 4.79 Å². The van der Waals surface area contributed by atoms with Crippen molar-refractivity contribution in [3.63, 3.8) is 0 Å². The van der Waals surface area contributed by atoms with Crippen molar-refractivity contribution in [2.75, 3.05) is 0 Å². The van der Waals surface area contributed by atoms with Crippen molar-refractivity contribution >= 4 is 28.4 Å². The van der Waals surface area contributed by atoms with E-state index in [1.54, 1.807) is 12.4 Å². The molecule has 3 rings (SSSR count). The van der Waals surface area contributed by atoms with Crippen LogP contribution in [0.5, 0.6) is 0 Å². The lowest BCUT2D eigenvalue weighted by Crippen LogP contribution is -2.13. The molecule has 0 aliphatic rings. The topological polar surface area (TPSA) is 68.9 Å². The summed E-state index contributed by atoms with van der Waals surface area (Å²) < 4.78 is 0. The van der Waals surface area contributed by atoms with Gasteiger partial charge in [-0.1, -0.05) is 17.7 Å². The summed E-state index contributed by atoms with van der Waals surface area (Å²) in [4.78, 5) is 19.7. The van der Waals surface area contributed by atoms with E-state index in [-0.39, 0.29) is 12.3 Å². The lowest BCUT2D eigenvalue weighted by Gasteiger charge is -2.09. The maximum absolute atomic E-state index is 11.1. The highest BCUT2D eigenvalue weighted by molar-refractivity contribution is 6.33. The number of amides is 1. The molecule has 22 heavy (non-hydrogen) atoms. The first kappa shape index (κ1) is 14.5. The fraction of sp³-hybridized carbons (Fsp3) is 0.118. The summed E-state index contributed by atoms with van der Waals surface area (Å²) in [6.07, 6.45) is 3.53. The number of benzene rings is 1. The number of carbonyl (C=O) groups is 1. The van der Waals surface area contributed by atoms with Gasteiger partial charge in [-0.15, -0.1) is 0 Å². The van der Waals surface area contributed by atoms with Crippen molar-refractivity contribution in [2.24, 2.45) is 5.73 Å². The molecular weight excluding hydrogens is 298 g/mol. The van der Waals surface area contributed by atoms with E-state index >= 15 is 0 Å². The number of aryl methyl sites for hydroxylation is 1. The molecule has 4 nitrogen and oxygen atoms in total. The zero-order valence-electron chi connectivity index (χ0n) is 12.0. The third-order valence-corrected chi connectivity index (χ3v) is 3.81. The van der Waals surface area contributed by atoms with Crippen molar-refractivity contribution in [1.29, 1.82) is 0 Å². The van der Waals surface area contributed by atoms with Crippen LogP contribution in [-0.2, 0) is 11.2 Å². The summed E-state index contributed by atoms with van der Waals surface area (Å²) in [7, 11) is 0. The Hall–Kier alpha value is -2.46. The summed E-state index contributed by atoms with van der Waals surface area (Å²) in [5, 5.41) is 1.58. The number of halogens is 1. The molecule has 3 aromatic rings. The van der Waals surface area contributed by atoms with Crippen LogP contribution in [0, 0.1) is 6.92 Å². The lowest BCUT2D eigenvalue weighted by molar-refractivity contribution is -0.117. The second kappa shape index (κ2) is 5.73. The summed E-state index contributed by atoms with van der Waals surface area (Å²) >= 11 is 6.19. The number of carbonyl (C=O) groups excluding carboxylic acids is 1. The minimum Gasteiger partial charge on any atom is -0.369 e. The van der Waals surface area contributed by atoms with E-state index in [0.29, 0.717) is 5.02 Å². The average molecular weight is 312 g/mol. The van der Waals surface area contributed by atoms with Crippen LogP contribution in [-0.4, -0.2) is 15.9 Å². The zero-order valence-corrected chi connectivity index (χ0v) is 12.8. The highest BCUT2D eigenvalue weighted by atomic mass is 35.5. The summed E-state index contributed by atoms with van der Waals surface area (Å²) in [6, 6.07) is 9.56. The van der Waals surface area contributed by atoms with Crippen LogP contribution in [0.2, 0.25) is 5.02 Å². The molecule has 0 spiro atoms. The van der Waals surface area contributed by atoms with Gasteiger partial charge in [-0.2, -0.15) is 0 Å². The Labute approximate surface area is 133 Å². The van der Waals surface area contributed by atoms with Crippen LogP contribution in [0.25, 0.3) is 22.2 Å². The second-order valence-corrected chi connectivity index (χ2v) is 5.58. The van der Waals surface area contributed by atoms with Gasteiger partial charge in [-0.25, -0.2) is 4.98 Å². The second-order valence-electron chi connectivity index (χ2n) is 5.17. The van der Waals surface area contributed by atoms with Crippen LogP contribution >= 0.6 is 11.6 Å². The number of nitrogens with two attached hydrogens (primary N) is 1. The molecule has 0 unspecified atom stereocenters. The van der Waals surface area contributed by atoms with Gasteiger partial charge >= 0.3 is 0 Å². The van der Waals surface area contributed by atoms with Crippen LogP contribution in [0.4, 0.5) is 0 Å². The number of nitrogens with zero attached hydrogens (tertiary/aromatic N) is 2. The smallest absolute Gasteiger partial charge is 0.221 e. The van der Waals surface area contributed by atoms with Crippen molar-refractivity contribution in [1.82, 2.24) is 9.97 Å². The number of hydrogen-bond donors (Lipinski definition) is 1. The van der Waals surface area contributed by atoms with Crippen molar-refractivity contribution in [2.45, 2.75) is 13.3 Å². The molecule has 2 heterocycles. The minimum absolute atomic E-state index is 0.229. The molecule has 0 atom stereocenters. The fourth-order valence-corrected chi connectivity index (χ4v) is 2.69. The number of fused-ring (bicyclic) bond motifs is 1. The van der Waals surface area contributed by atoms with Gasteiger partial charge in [0, 0.05) is 23.3 Å². The Balaban J connectivity index is 2.14. The Morgan fingerprint density at radius 2 is 2.09 bits per heavy atom. The normalized spacial score (nSPS) is 10.8. The molecule has 1 amide bonds. The van der Waals surface area contributed by atoms with Gasteiger partial charge in [0.25, 0.3) is 0 Å². The van der Waals surface area contributed by atoms with E-state index in [0.717, 1.165) is 33.3 Å². The number of rotatable bonds is 3. The van der Waals surface area contributed by atoms with Crippen LogP contribution in [0.15, 0.2) is 42.7 Å². The molecule has 0 aliphatic carbocycles. The number of hydrogen-bond acceptors (Lipinski definition) is 3. The molecule has 0 saturated heterocycles. The standard InChI is InChI=1S/C17H14ClN3O/c1-10-6-16(12-4-5-20-9-14(12)18)21-15-3-2-11(7-13(10)15)8-17(19)22/h2-7,9H,8H2,1H3,(H2,19,22). The molecule has 5 heteroatoms. The predicted molar refractivity (Wildman–Crippen MR) is 87.6 cm³/mol. The quantitative estimate of drug-likeness (QED) is 0.807. The summed E-state index contributed by atoms with van der Waals surface area (Å²) in [5.74, 6) is -0.342. The molecule has 0 saturated carbocycles. The SMILES string of the molecule is Cc1cc(-c2ccncc2Cl)nc2ccc(CC(N)=O)cc12. The first-order valence-corrected chi connectivity index (χ1v) is 7.21. The van der Waals surface area contributed by atoms with Gasteiger partial charge in [0.15, 0.2) is 0 Å². The van der Waals surface area contributed by atoms with Gasteiger partial charge in [0.05, 0.1) is 22.7 Å². The van der Waals surface area contributed by atoms with Gasteiger partial charge in [0.1, 0.15) is 0 Å². The molecule has 1 aromatic carbocycles. The maximum atomic E-state index is 11.1. The van der Waals surface area contributed by atoms with E-state index in [4.69, 9.17) is 17.3 Å². The Kier molecular flexibility index (Phi) is 3.77. The predicted octanol–water partition coefficient (Wildman–Crippen LogP) is 3.29. The van der Waals surface area contributed by atoms with Crippen molar-refractivity contribution in [3.8, 4) is 11.3 Å². The van der Waals surface area contributed by atoms with Crippen LogP contribution < -0.4 is 5.73 Å². The fourth-order valence-electron chi connectivity index (χ4n) is 2.47. The molecule has 0 aliphatic heterocycles. The summed E-state index contributed by atoms with van der Waals surface area (Å²) in [5.41, 5.74) is 9.72. The molecule has 0 radical (unpaired) electrons. The minimum atomic E-state index is -0.342. The average Bonchev–Trinajstić information content (AvgIpc) is 2.47. The molecule has 0 bridgehead atoms. The molecular formula is C17H14ClN3O. The molecule has 2 N–H and O–H groups in total. The zero-order chi connectivity index (χ0) is 15.7. The van der Waals surface area contributed by atoms with E-state index in [2.05, 4.69) is 9.97 Å². The maximum Gasteiger partial charge on any atom is 0.221 e. The number of primary amides is 1. The number of pyridine rings is 2. The van der Waals surface area contributed by atoms with Gasteiger partial charge in [0.2, 0.25) is 5.91 Å². The van der Waals surface area contributed by atoms with E-state index in [1.807, 2.05) is 37.3 Å². The van der Waals surface area contributed by atoms with Gasteiger partial charge in [-0.05, 0) is 42.3 Å².